The zero-order valence-electron chi connectivity index (χ0n) is 13.0. The Morgan fingerprint density at radius 3 is 2.69 bits per heavy atom. The Labute approximate surface area is 160 Å². The number of hydrogen-bond acceptors (Lipinski definition) is 5. The van der Waals surface area contributed by atoms with Gasteiger partial charge in [-0.2, -0.15) is 8.78 Å². The number of anilines is 1. The van der Waals surface area contributed by atoms with Crippen LogP contribution in [0.15, 0.2) is 40.9 Å². The molecule has 6 nitrogen and oxygen atoms in total. The molecule has 0 aliphatic carbocycles. The molecule has 1 unspecified atom stereocenters. The van der Waals surface area contributed by atoms with Gasteiger partial charge in [-0.25, -0.2) is 0 Å². The molecule has 0 radical (unpaired) electrons. The highest BCUT2D eigenvalue weighted by Gasteiger charge is 2.24. The van der Waals surface area contributed by atoms with E-state index in [9.17, 15) is 23.7 Å². The summed E-state index contributed by atoms with van der Waals surface area (Å²) < 4.78 is 30.3. The van der Waals surface area contributed by atoms with E-state index in [4.69, 9.17) is 11.6 Å². The van der Waals surface area contributed by atoms with E-state index in [-0.39, 0.29) is 34.1 Å². The molecule has 2 rings (SSSR count). The predicted octanol–water partition coefficient (Wildman–Crippen LogP) is 5.35. The van der Waals surface area contributed by atoms with E-state index < -0.39 is 17.6 Å². The van der Waals surface area contributed by atoms with Crippen LogP contribution in [0.2, 0.25) is 5.02 Å². The van der Waals surface area contributed by atoms with Crippen molar-refractivity contribution in [3.63, 3.8) is 0 Å². The molecule has 26 heavy (non-hydrogen) atoms. The lowest BCUT2D eigenvalue weighted by atomic mass is 10.0. The van der Waals surface area contributed by atoms with E-state index in [1.807, 2.05) is 0 Å². The fraction of sp³-hybridized carbons (Fsp3) is 0.188. The van der Waals surface area contributed by atoms with Crippen molar-refractivity contribution in [1.29, 1.82) is 0 Å². The first-order valence-electron chi connectivity index (χ1n) is 7.20. The van der Waals surface area contributed by atoms with E-state index in [0.29, 0.717) is 10.8 Å². The highest BCUT2D eigenvalue weighted by atomic mass is 79.9. The summed E-state index contributed by atoms with van der Waals surface area (Å²) in [5, 5.41) is 14.3. The molecule has 0 saturated heterocycles. The number of nitro benzene ring substituents is 1. The standard InChI is InChI=1S/C16H12BrClF2N2O4/c17-10-2-1-3-14(26-16(19)20)15(10)11(6-7-23)21-12-8-9(18)4-5-13(12)22(24)25/h1-5,7-8,11,16,21H,6H2. The van der Waals surface area contributed by atoms with Crippen LogP contribution in [0.4, 0.5) is 20.2 Å². The second kappa shape index (κ2) is 8.91. The molecule has 0 bridgehead atoms. The van der Waals surface area contributed by atoms with Crippen molar-refractivity contribution in [2.75, 3.05) is 5.32 Å². The maximum absolute atomic E-state index is 12.7. The van der Waals surface area contributed by atoms with Crippen molar-refractivity contribution < 1.29 is 23.2 Å². The molecule has 10 heteroatoms. The highest BCUT2D eigenvalue weighted by molar-refractivity contribution is 9.10. The quantitative estimate of drug-likeness (QED) is 0.333. The first kappa shape index (κ1) is 20.1. The molecule has 2 aromatic rings. The minimum atomic E-state index is -3.07. The van der Waals surface area contributed by atoms with Crippen molar-refractivity contribution >= 4 is 45.2 Å². The molecule has 1 N–H and O–H groups in total. The van der Waals surface area contributed by atoms with Gasteiger partial charge < -0.3 is 14.8 Å². The number of benzene rings is 2. The predicted molar refractivity (Wildman–Crippen MR) is 95.9 cm³/mol. The Hall–Kier alpha value is -2.26. The van der Waals surface area contributed by atoms with Gasteiger partial charge in [0.15, 0.2) is 0 Å². The number of rotatable bonds is 8. The van der Waals surface area contributed by atoms with Crippen molar-refractivity contribution in [1.82, 2.24) is 0 Å². The van der Waals surface area contributed by atoms with Gasteiger partial charge in [0.2, 0.25) is 0 Å². The zero-order valence-corrected chi connectivity index (χ0v) is 15.3. The topological polar surface area (TPSA) is 81.5 Å². The van der Waals surface area contributed by atoms with Crippen LogP contribution in [0.3, 0.4) is 0 Å². The summed E-state index contributed by atoms with van der Waals surface area (Å²) >= 11 is 9.14. The summed E-state index contributed by atoms with van der Waals surface area (Å²) in [5.74, 6) is -0.154. The van der Waals surface area contributed by atoms with Gasteiger partial charge in [0.25, 0.3) is 5.69 Å². The number of nitrogens with one attached hydrogen (secondary N) is 1. The maximum atomic E-state index is 12.7. The van der Waals surface area contributed by atoms with Crippen LogP contribution >= 0.6 is 27.5 Å². The number of ether oxygens (including phenoxy) is 1. The van der Waals surface area contributed by atoms with Crippen LogP contribution in [-0.2, 0) is 4.79 Å². The molecule has 0 saturated carbocycles. The van der Waals surface area contributed by atoms with Gasteiger partial charge in [-0.3, -0.25) is 10.1 Å². The Morgan fingerprint density at radius 2 is 2.08 bits per heavy atom. The smallest absolute Gasteiger partial charge is 0.387 e. The molecular weight excluding hydrogens is 438 g/mol. The van der Waals surface area contributed by atoms with Crippen molar-refractivity contribution in [2.45, 2.75) is 19.1 Å². The SMILES string of the molecule is O=CCC(Nc1cc(Cl)ccc1[N+](=O)[O-])c1c(Br)cccc1OC(F)F. The van der Waals surface area contributed by atoms with Crippen molar-refractivity contribution in [2.24, 2.45) is 0 Å². The van der Waals surface area contributed by atoms with Gasteiger partial charge in [0, 0.05) is 27.5 Å². The van der Waals surface area contributed by atoms with E-state index in [2.05, 4.69) is 26.0 Å². The van der Waals surface area contributed by atoms with Crippen molar-refractivity contribution in [3.8, 4) is 5.75 Å². The third kappa shape index (κ3) is 4.89. The summed E-state index contributed by atoms with van der Waals surface area (Å²) in [7, 11) is 0. The minimum absolute atomic E-state index is 0.0492. The summed E-state index contributed by atoms with van der Waals surface area (Å²) in [6, 6.07) is 7.40. The third-order valence-corrected chi connectivity index (χ3v) is 4.32. The van der Waals surface area contributed by atoms with Crippen LogP contribution in [0.1, 0.15) is 18.0 Å². The molecule has 1 atom stereocenters. The van der Waals surface area contributed by atoms with Gasteiger partial charge in [0.05, 0.1) is 11.0 Å². The molecule has 0 aliphatic rings. The Bertz CT molecular complexity index is 823. The van der Waals surface area contributed by atoms with Crippen LogP contribution in [0.25, 0.3) is 0 Å². The van der Waals surface area contributed by atoms with E-state index in [0.717, 1.165) is 0 Å². The third-order valence-electron chi connectivity index (χ3n) is 3.39. The van der Waals surface area contributed by atoms with Gasteiger partial charge >= 0.3 is 6.61 Å². The average Bonchev–Trinajstić information content (AvgIpc) is 2.54. The molecule has 0 spiro atoms. The van der Waals surface area contributed by atoms with Crippen LogP contribution in [0.5, 0.6) is 5.75 Å². The van der Waals surface area contributed by atoms with Gasteiger partial charge in [-0.05, 0) is 24.3 Å². The summed E-state index contributed by atoms with van der Waals surface area (Å²) in [6.07, 6.45) is 0.422. The molecule has 2 aromatic carbocycles. The number of halogens is 4. The second-order valence-electron chi connectivity index (χ2n) is 5.05. The molecule has 0 fully saturated rings. The Kier molecular flexibility index (Phi) is 6.87. The van der Waals surface area contributed by atoms with E-state index in [1.165, 1.54) is 30.3 Å². The Balaban J connectivity index is 2.50. The zero-order chi connectivity index (χ0) is 19.3. The van der Waals surface area contributed by atoms with Crippen molar-refractivity contribution in [3.05, 3.63) is 61.6 Å². The fourth-order valence-electron chi connectivity index (χ4n) is 2.37. The number of carbonyl (C=O) groups is 1. The molecule has 0 aromatic heterocycles. The molecule has 0 heterocycles. The molecule has 0 amide bonds. The largest absolute Gasteiger partial charge is 0.434 e. The lowest BCUT2D eigenvalue weighted by molar-refractivity contribution is -0.384. The van der Waals surface area contributed by atoms with Gasteiger partial charge in [-0.1, -0.05) is 33.6 Å². The fourth-order valence-corrected chi connectivity index (χ4v) is 3.17. The average molecular weight is 450 g/mol. The summed E-state index contributed by atoms with van der Waals surface area (Å²) in [4.78, 5) is 21.7. The number of nitro groups is 1. The minimum Gasteiger partial charge on any atom is -0.434 e. The van der Waals surface area contributed by atoms with Crippen LogP contribution in [0, 0.1) is 10.1 Å². The maximum Gasteiger partial charge on any atom is 0.387 e. The lowest BCUT2D eigenvalue weighted by Crippen LogP contribution is -2.16. The first-order valence-corrected chi connectivity index (χ1v) is 8.38. The van der Waals surface area contributed by atoms with Gasteiger partial charge in [-0.15, -0.1) is 0 Å². The molecule has 0 aliphatic heterocycles. The normalized spacial score (nSPS) is 11.9. The number of hydrogen-bond donors (Lipinski definition) is 1. The number of alkyl halides is 2. The first-order chi connectivity index (χ1) is 12.3. The monoisotopic (exact) mass is 448 g/mol. The van der Waals surface area contributed by atoms with Crippen LogP contribution in [-0.4, -0.2) is 17.8 Å². The lowest BCUT2D eigenvalue weighted by Gasteiger charge is -2.22. The van der Waals surface area contributed by atoms with E-state index in [1.54, 1.807) is 6.07 Å². The molecular formula is C16H12BrClF2N2O4. The second-order valence-corrected chi connectivity index (χ2v) is 6.34. The van der Waals surface area contributed by atoms with Crippen LogP contribution < -0.4 is 10.1 Å². The Morgan fingerprint density at radius 1 is 1.35 bits per heavy atom. The van der Waals surface area contributed by atoms with Gasteiger partial charge in [0.1, 0.15) is 17.7 Å². The number of aldehydes is 1. The van der Waals surface area contributed by atoms with E-state index >= 15 is 0 Å². The summed E-state index contributed by atoms with van der Waals surface area (Å²) in [5.41, 5.74) is 0.0101. The summed E-state index contributed by atoms with van der Waals surface area (Å²) in [6.45, 7) is -3.07. The number of carbonyl (C=O) groups excluding carboxylic acids is 1. The number of nitrogens with zero attached hydrogens (tertiary/aromatic N) is 1. The highest BCUT2D eigenvalue weighted by Crippen LogP contribution is 2.38. The molecule has 138 valence electrons.